The monoisotopic (exact) mass is 282 g/mol. The van der Waals surface area contributed by atoms with Gasteiger partial charge in [-0.2, -0.15) is 4.98 Å². The number of aliphatic hydroxyl groups excluding tert-OH is 1. The number of nitrogens with zero attached hydrogens (tertiary/aromatic N) is 2. The van der Waals surface area contributed by atoms with Gasteiger partial charge in [0.25, 0.3) is 0 Å². The Kier molecular flexibility index (Phi) is 5.98. The van der Waals surface area contributed by atoms with Crippen LogP contribution in [0.3, 0.4) is 0 Å². The van der Waals surface area contributed by atoms with Crippen LogP contribution >= 0.6 is 0 Å². The Morgan fingerprint density at radius 2 is 2.05 bits per heavy atom. The molecule has 2 rings (SSSR count). The summed E-state index contributed by atoms with van der Waals surface area (Å²) >= 11 is 0. The number of hydrogen-bond donors (Lipinski definition) is 1. The molecule has 114 valence electrons. The van der Waals surface area contributed by atoms with Gasteiger partial charge in [-0.3, -0.25) is 0 Å². The van der Waals surface area contributed by atoms with E-state index in [1.807, 2.05) is 13.8 Å². The van der Waals surface area contributed by atoms with E-state index in [4.69, 9.17) is 9.26 Å². The smallest absolute Gasteiger partial charge is 0.229 e. The second-order valence-corrected chi connectivity index (χ2v) is 5.59. The Hall–Kier alpha value is -0.940. The Morgan fingerprint density at radius 3 is 2.70 bits per heavy atom. The lowest BCUT2D eigenvalue weighted by atomic mass is 9.85. The minimum absolute atomic E-state index is 0.0587. The van der Waals surface area contributed by atoms with Gasteiger partial charge in [0.05, 0.1) is 12.5 Å². The molecule has 0 aliphatic heterocycles. The summed E-state index contributed by atoms with van der Waals surface area (Å²) in [5, 5.41) is 13.7. The molecule has 1 aliphatic rings. The molecule has 0 bridgehead atoms. The van der Waals surface area contributed by atoms with Crippen molar-refractivity contribution in [3.8, 4) is 0 Å². The first kappa shape index (κ1) is 15.4. The van der Waals surface area contributed by atoms with Crippen LogP contribution in [0.1, 0.15) is 70.2 Å². The Bertz CT molecular complexity index is 388. The molecule has 0 spiro atoms. The molecule has 1 aromatic heterocycles. The molecule has 0 amide bonds. The van der Waals surface area contributed by atoms with E-state index in [0.29, 0.717) is 37.1 Å². The summed E-state index contributed by atoms with van der Waals surface area (Å²) in [5.41, 5.74) is 0. The Labute approximate surface area is 120 Å². The van der Waals surface area contributed by atoms with E-state index in [9.17, 15) is 5.11 Å². The van der Waals surface area contributed by atoms with Crippen molar-refractivity contribution in [2.75, 3.05) is 6.61 Å². The van der Waals surface area contributed by atoms with Crippen molar-refractivity contribution < 1.29 is 14.4 Å². The van der Waals surface area contributed by atoms with Crippen LogP contribution in [-0.2, 0) is 11.2 Å². The molecular formula is C15H26N2O3. The van der Waals surface area contributed by atoms with Crippen LogP contribution < -0.4 is 0 Å². The third kappa shape index (κ3) is 4.03. The summed E-state index contributed by atoms with van der Waals surface area (Å²) in [6.45, 7) is 4.59. The standard InChI is InChI=1S/C15H26N2O3/c1-3-12(18)10-13-16-15(17-20-13)14(19-4-2)11-8-6-5-7-9-11/h11-12,14,18H,3-10H2,1-2H3. The molecule has 0 saturated heterocycles. The normalized spacial score (nSPS) is 19.9. The van der Waals surface area contributed by atoms with Crippen LogP contribution in [0.4, 0.5) is 0 Å². The van der Waals surface area contributed by atoms with E-state index >= 15 is 0 Å². The quantitative estimate of drug-likeness (QED) is 0.832. The van der Waals surface area contributed by atoms with Gasteiger partial charge in [0, 0.05) is 6.61 Å². The first-order chi connectivity index (χ1) is 9.74. The average Bonchev–Trinajstić information content (AvgIpc) is 2.93. The lowest BCUT2D eigenvalue weighted by Gasteiger charge is -2.27. The number of rotatable bonds is 7. The van der Waals surface area contributed by atoms with Crippen molar-refractivity contribution in [2.24, 2.45) is 5.92 Å². The zero-order valence-corrected chi connectivity index (χ0v) is 12.5. The Morgan fingerprint density at radius 1 is 1.30 bits per heavy atom. The van der Waals surface area contributed by atoms with Crippen LogP contribution in [0.2, 0.25) is 0 Å². The zero-order valence-electron chi connectivity index (χ0n) is 12.5. The van der Waals surface area contributed by atoms with Crippen molar-refractivity contribution in [1.29, 1.82) is 0 Å². The van der Waals surface area contributed by atoms with Crippen molar-refractivity contribution in [1.82, 2.24) is 10.1 Å². The molecule has 0 radical (unpaired) electrons. The molecule has 0 aromatic carbocycles. The fourth-order valence-corrected chi connectivity index (χ4v) is 2.85. The zero-order chi connectivity index (χ0) is 14.4. The summed E-state index contributed by atoms with van der Waals surface area (Å²) in [7, 11) is 0. The van der Waals surface area contributed by atoms with Gasteiger partial charge in [0.2, 0.25) is 11.7 Å². The van der Waals surface area contributed by atoms with Crippen LogP contribution in [-0.4, -0.2) is 28.0 Å². The van der Waals surface area contributed by atoms with Crippen molar-refractivity contribution >= 4 is 0 Å². The van der Waals surface area contributed by atoms with Gasteiger partial charge in [0.1, 0.15) is 6.10 Å². The van der Waals surface area contributed by atoms with Crippen molar-refractivity contribution in [3.63, 3.8) is 0 Å². The van der Waals surface area contributed by atoms with E-state index in [2.05, 4.69) is 10.1 Å². The minimum atomic E-state index is -0.413. The maximum absolute atomic E-state index is 9.65. The predicted molar refractivity (Wildman–Crippen MR) is 75.2 cm³/mol. The van der Waals surface area contributed by atoms with E-state index in [1.165, 1.54) is 32.1 Å². The summed E-state index contributed by atoms with van der Waals surface area (Å²) in [6.07, 6.45) is 6.82. The molecule has 2 atom stereocenters. The van der Waals surface area contributed by atoms with Crippen LogP contribution in [0.15, 0.2) is 4.52 Å². The summed E-state index contributed by atoms with van der Waals surface area (Å²) < 4.78 is 11.1. The number of aromatic nitrogens is 2. The van der Waals surface area contributed by atoms with E-state index < -0.39 is 6.10 Å². The first-order valence-electron chi connectivity index (χ1n) is 7.86. The van der Waals surface area contributed by atoms with Crippen molar-refractivity contribution in [3.05, 3.63) is 11.7 Å². The predicted octanol–water partition coefficient (Wildman–Crippen LogP) is 3.04. The minimum Gasteiger partial charge on any atom is -0.393 e. The van der Waals surface area contributed by atoms with E-state index in [1.54, 1.807) is 0 Å². The molecule has 1 N–H and O–H groups in total. The molecule has 1 aromatic rings. The Balaban J connectivity index is 2.04. The van der Waals surface area contributed by atoms with Crippen LogP contribution in [0, 0.1) is 5.92 Å². The third-order valence-electron chi connectivity index (χ3n) is 4.04. The maximum Gasteiger partial charge on any atom is 0.229 e. The van der Waals surface area contributed by atoms with Gasteiger partial charge >= 0.3 is 0 Å². The number of ether oxygens (including phenoxy) is 1. The fraction of sp³-hybridized carbons (Fsp3) is 0.867. The molecule has 1 aliphatic carbocycles. The highest BCUT2D eigenvalue weighted by Crippen LogP contribution is 2.35. The molecule has 20 heavy (non-hydrogen) atoms. The summed E-state index contributed by atoms with van der Waals surface area (Å²) in [6, 6.07) is 0. The fourth-order valence-electron chi connectivity index (χ4n) is 2.85. The molecule has 2 unspecified atom stereocenters. The largest absolute Gasteiger partial charge is 0.393 e. The lowest BCUT2D eigenvalue weighted by molar-refractivity contribution is -0.00145. The molecular weight excluding hydrogens is 256 g/mol. The topological polar surface area (TPSA) is 68.4 Å². The highest BCUT2D eigenvalue weighted by molar-refractivity contribution is 4.96. The van der Waals surface area contributed by atoms with Gasteiger partial charge in [-0.05, 0) is 32.1 Å². The molecule has 5 heteroatoms. The van der Waals surface area contributed by atoms with E-state index in [0.717, 1.165) is 0 Å². The summed E-state index contributed by atoms with van der Waals surface area (Å²) in [4.78, 5) is 4.43. The average molecular weight is 282 g/mol. The van der Waals surface area contributed by atoms with Gasteiger partial charge in [0.15, 0.2) is 0 Å². The van der Waals surface area contributed by atoms with Crippen LogP contribution in [0.25, 0.3) is 0 Å². The highest BCUT2D eigenvalue weighted by atomic mass is 16.5. The molecule has 1 fully saturated rings. The highest BCUT2D eigenvalue weighted by Gasteiger charge is 2.29. The second kappa shape index (κ2) is 7.74. The van der Waals surface area contributed by atoms with Gasteiger partial charge in [-0.1, -0.05) is 31.3 Å². The number of aliphatic hydroxyl groups is 1. The molecule has 1 heterocycles. The molecule has 5 nitrogen and oxygen atoms in total. The third-order valence-corrected chi connectivity index (χ3v) is 4.04. The lowest BCUT2D eigenvalue weighted by Crippen LogP contribution is -2.20. The van der Waals surface area contributed by atoms with Gasteiger partial charge < -0.3 is 14.4 Å². The van der Waals surface area contributed by atoms with Crippen molar-refractivity contribution in [2.45, 2.75) is 71.0 Å². The maximum atomic E-state index is 9.65. The van der Waals surface area contributed by atoms with Gasteiger partial charge in [-0.15, -0.1) is 0 Å². The summed E-state index contributed by atoms with van der Waals surface area (Å²) in [5.74, 6) is 1.65. The first-order valence-corrected chi connectivity index (χ1v) is 7.86. The number of hydrogen-bond acceptors (Lipinski definition) is 5. The molecule has 1 saturated carbocycles. The SMILES string of the molecule is CCOC(c1noc(CC(O)CC)n1)C1CCCCC1. The van der Waals surface area contributed by atoms with Crippen LogP contribution in [0.5, 0.6) is 0 Å². The van der Waals surface area contributed by atoms with E-state index in [-0.39, 0.29) is 6.10 Å². The second-order valence-electron chi connectivity index (χ2n) is 5.59. The van der Waals surface area contributed by atoms with Gasteiger partial charge in [-0.25, -0.2) is 0 Å².